The number of rotatable bonds is 6. The fraction of sp³-hybridized carbons (Fsp3) is 0.458. The summed E-state index contributed by atoms with van der Waals surface area (Å²) in [6, 6.07) is 14.2. The Labute approximate surface area is 163 Å². The van der Waals surface area contributed by atoms with Crippen molar-refractivity contribution in [3.05, 3.63) is 77.1 Å². The molecular formula is C24H31N3. The highest BCUT2D eigenvalue weighted by atomic mass is 15.2. The Kier molecular flexibility index (Phi) is 6.00. The molecule has 27 heavy (non-hydrogen) atoms. The van der Waals surface area contributed by atoms with Crippen LogP contribution in [-0.4, -0.2) is 29.0 Å². The molecule has 3 nitrogen and oxygen atoms in total. The lowest BCUT2D eigenvalue weighted by molar-refractivity contribution is 0.170. The van der Waals surface area contributed by atoms with Crippen molar-refractivity contribution >= 4 is 0 Å². The maximum Gasteiger partial charge on any atom is 0.0607 e. The molecule has 2 heterocycles. The number of fused-ring (bicyclic) bond motifs is 2. The first-order valence-corrected chi connectivity index (χ1v) is 10.5. The predicted octanol–water partition coefficient (Wildman–Crippen LogP) is 4.44. The summed E-state index contributed by atoms with van der Waals surface area (Å²) in [4.78, 5) is 7.45. The van der Waals surface area contributed by atoms with Crippen LogP contribution >= 0.6 is 0 Å². The molecule has 2 aromatic rings. The zero-order valence-corrected chi connectivity index (χ0v) is 16.4. The molecule has 1 aromatic heterocycles. The number of hydrogen-bond donors (Lipinski definition) is 1. The van der Waals surface area contributed by atoms with Gasteiger partial charge in [0.2, 0.25) is 0 Å². The largest absolute Gasteiger partial charge is 0.308 e. The summed E-state index contributed by atoms with van der Waals surface area (Å²) in [5.41, 5.74) is 5.72. The summed E-state index contributed by atoms with van der Waals surface area (Å²) in [6.07, 6.45) is 12.5. The standard InChI is InChI=1S/C24H31N3/c1-2-3-6-15-27(23-13-7-11-19-12-8-14-25-24(19)23)18-22-16-20-9-4-5-10-21(20)17-26-22/h3-6,8-10,12,14,22-23,26H,2,7,11,13,15-18H2,1H3/b6-3+/t22-,23+/m1/s1. The van der Waals surface area contributed by atoms with Gasteiger partial charge in [0.15, 0.2) is 0 Å². The Bertz CT molecular complexity index is 783. The van der Waals surface area contributed by atoms with Crippen molar-refractivity contribution in [1.82, 2.24) is 15.2 Å². The van der Waals surface area contributed by atoms with Crippen LogP contribution in [0.25, 0.3) is 0 Å². The quantitative estimate of drug-likeness (QED) is 0.771. The average Bonchev–Trinajstić information content (AvgIpc) is 2.73. The summed E-state index contributed by atoms with van der Waals surface area (Å²) >= 11 is 0. The van der Waals surface area contributed by atoms with Gasteiger partial charge in [-0.25, -0.2) is 0 Å². The molecule has 0 saturated carbocycles. The van der Waals surface area contributed by atoms with Crippen molar-refractivity contribution < 1.29 is 0 Å². The summed E-state index contributed by atoms with van der Waals surface area (Å²) in [7, 11) is 0. The number of nitrogens with zero attached hydrogens (tertiary/aromatic N) is 2. The Hall–Kier alpha value is -1.97. The second-order valence-corrected chi connectivity index (χ2v) is 7.84. The number of nitrogens with one attached hydrogen (secondary N) is 1. The average molecular weight is 362 g/mol. The van der Waals surface area contributed by atoms with Gasteiger partial charge in [-0.1, -0.05) is 49.4 Å². The topological polar surface area (TPSA) is 28.2 Å². The third-order valence-corrected chi connectivity index (χ3v) is 5.97. The summed E-state index contributed by atoms with van der Waals surface area (Å²) in [6.45, 7) is 5.27. The van der Waals surface area contributed by atoms with Crippen molar-refractivity contribution in [2.45, 2.75) is 57.7 Å². The van der Waals surface area contributed by atoms with Crippen LogP contribution in [-0.2, 0) is 19.4 Å². The van der Waals surface area contributed by atoms with E-state index in [2.05, 4.69) is 65.7 Å². The Balaban J connectivity index is 1.53. The first-order valence-electron chi connectivity index (χ1n) is 10.5. The SMILES string of the molecule is CC/C=C/CN(C[C@H]1Cc2ccccc2CN1)[C@H]1CCCc2cccnc21. The van der Waals surface area contributed by atoms with Gasteiger partial charge in [-0.15, -0.1) is 0 Å². The number of allylic oxidation sites excluding steroid dienone is 1. The Morgan fingerprint density at radius 2 is 1.96 bits per heavy atom. The van der Waals surface area contributed by atoms with E-state index < -0.39 is 0 Å². The first kappa shape index (κ1) is 18.4. The van der Waals surface area contributed by atoms with Gasteiger partial charge in [0.25, 0.3) is 0 Å². The lowest BCUT2D eigenvalue weighted by Crippen LogP contribution is -2.46. The highest BCUT2D eigenvalue weighted by Gasteiger charge is 2.29. The molecule has 2 atom stereocenters. The van der Waals surface area contributed by atoms with E-state index in [0.717, 1.165) is 32.5 Å². The van der Waals surface area contributed by atoms with Gasteiger partial charge in [0.05, 0.1) is 11.7 Å². The molecule has 0 radical (unpaired) electrons. The highest BCUT2D eigenvalue weighted by molar-refractivity contribution is 5.30. The number of hydrogen-bond acceptors (Lipinski definition) is 3. The summed E-state index contributed by atoms with van der Waals surface area (Å²) in [5.74, 6) is 0. The second kappa shape index (κ2) is 8.81. The van der Waals surface area contributed by atoms with Crippen molar-refractivity contribution in [3.8, 4) is 0 Å². The molecule has 1 aromatic carbocycles. The molecule has 0 saturated heterocycles. The van der Waals surface area contributed by atoms with Crippen LogP contribution in [0.15, 0.2) is 54.7 Å². The van der Waals surface area contributed by atoms with Gasteiger partial charge in [-0.05, 0) is 54.9 Å². The van der Waals surface area contributed by atoms with Crippen LogP contribution in [0, 0.1) is 0 Å². The van der Waals surface area contributed by atoms with E-state index in [0.29, 0.717) is 12.1 Å². The van der Waals surface area contributed by atoms with E-state index in [1.807, 2.05) is 6.20 Å². The van der Waals surface area contributed by atoms with Crippen molar-refractivity contribution in [2.75, 3.05) is 13.1 Å². The molecule has 0 fully saturated rings. The van der Waals surface area contributed by atoms with Crippen LogP contribution in [0.1, 0.15) is 54.6 Å². The molecule has 2 aliphatic rings. The lowest BCUT2D eigenvalue weighted by Gasteiger charge is -2.38. The molecule has 0 amide bonds. The molecule has 4 rings (SSSR count). The smallest absolute Gasteiger partial charge is 0.0607 e. The molecule has 0 unspecified atom stereocenters. The molecule has 1 N–H and O–H groups in total. The zero-order chi connectivity index (χ0) is 18.5. The summed E-state index contributed by atoms with van der Waals surface area (Å²) in [5, 5.41) is 3.77. The molecule has 0 bridgehead atoms. The van der Waals surface area contributed by atoms with Crippen LogP contribution in [0.4, 0.5) is 0 Å². The van der Waals surface area contributed by atoms with E-state index in [1.54, 1.807) is 0 Å². The molecule has 1 aliphatic carbocycles. The van der Waals surface area contributed by atoms with Crippen molar-refractivity contribution in [3.63, 3.8) is 0 Å². The molecule has 1 aliphatic heterocycles. The minimum absolute atomic E-state index is 0.440. The normalized spacial score (nSPS) is 22.0. The van der Waals surface area contributed by atoms with Gasteiger partial charge < -0.3 is 5.32 Å². The van der Waals surface area contributed by atoms with Crippen LogP contribution in [0.2, 0.25) is 0 Å². The van der Waals surface area contributed by atoms with E-state index in [9.17, 15) is 0 Å². The molecular weight excluding hydrogens is 330 g/mol. The minimum atomic E-state index is 0.440. The third-order valence-electron chi connectivity index (χ3n) is 5.97. The van der Waals surface area contributed by atoms with Crippen molar-refractivity contribution in [1.29, 1.82) is 0 Å². The van der Waals surface area contributed by atoms with E-state index in [1.165, 1.54) is 41.6 Å². The summed E-state index contributed by atoms with van der Waals surface area (Å²) < 4.78 is 0. The fourth-order valence-electron chi connectivity index (χ4n) is 4.58. The van der Waals surface area contributed by atoms with Gasteiger partial charge in [0, 0.05) is 31.9 Å². The zero-order valence-electron chi connectivity index (χ0n) is 16.4. The maximum absolute atomic E-state index is 4.79. The number of pyridine rings is 1. The predicted molar refractivity (Wildman–Crippen MR) is 112 cm³/mol. The molecule has 142 valence electrons. The number of benzene rings is 1. The van der Waals surface area contributed by atoms with Gasteiger partial charge in [0.1, 0.15) is 0 Å². The van der Waals surface area contributed by atoms with E-state index in [4.69, 9.17) is 4.98 Å². The first-order chi connectivity index (χ1) is 13.3. The fourth-order valence-corrected chi connectivity index (χ4v) is 4.58. The Morgan fingerprint density at radius 1 is 1.11 bits per heavy atom. The van der Waals surface area contributed by atoms with Crippen molar-refractivity contribution in [2.24, 2.45) is 0 Å². The van der Waals surface area contributed by atoms with Crippen LogP contribution in [0.3, 0.4) is 0 Å². The third kappa shape index (κ3) is 4.31. The molecule has 3 heteroatoms. The number of aromatic nitrogens is 1. The second-order valence-electron chi connectivity index (χ2n) is 7.84. The minimum Gasteiger partial charge on any atom is -0.308 e. The lowest BCUT2D eigenvalue weighted by atomic mass is 9.89. The maximum atomic E-state index is 4.79. The van der Waals surface area contributed by atoms with E-state index in [-0.39, 0.29) is 0 Å². The monoisotopic (exact) mass is 361 g/mol. The highest BCUT2D eigenvalue weighted by Crippen LogP contribution is 2.33. The van der Waals surface area contributed by atoms with E-state index >= 15 is 0 Å². The van der Waals surface area contributed by atoms with Gasteiger partial charge in [-0.3, -0.25) is 9.88 Å². The Morgan fingerprint density at radius 3 is 2.85 bits per heavy atom. The van der Waals surface area contributed by atoms with Gasteiger partial charge in [-0.2, -0.15) is 0 Å². The molecule has 0 spiro atoms. The van der Waals surface area contributed by atoms with Crippen LogP contribution in [0.5, 0.6) is 0 Å². The number of aryl methyl sites for hydroxylation is 1. The van der Waals surface area contributed by atoms with Crippen LogP contribution < -0.4 is 5.32 Å². The van der Waals surface area contributed by atoms with Gasteiger partial charge >= 0.3 is 0 Å².